The van der Waals surface area contributed by atoms with Crippen molar-refractivity contribution in [3.8, 4) is 6.07 Å². The summed E-state index contributed by atoms with van der Waals surface area (Å²) in [6.07, 6.45) is -4.52. The Hall–Kier alpha value is -2.68. The first-order valence-electron chi connectivity index (χ1n) is 6.04. The molecule has 0 unspecified atom stereocenters. The molecule has 0 aliphatic heterocycles. The summed E-state index contributed by atoms with van der Waals surface area (Å²) < 4.78 is 38.7. The number of anilines is 3. The highest BCUT2D eigenvalue weighted by Gasteiger charge is 2.33. The zero-order valence-electron chi connectivity index (χ0n) is 11.1. The zero-order valence-corrected chi connectivity index (χ0v) is 11.1. The molecule has 0 bridgehead atoms. The Morgan fingerprint density at radius 3 is 2.43 bits per heavy atom. The summed E-state index contributed by atoms with van der Waals surface area (Å²) in [6.45, 7) is 0. The average molecular weight is 291 g/mol. The first-order chi connectivity index (χ1) is 9.84. The molecule has 0 radical (unpaired) electrons. The van der Waals surface area contributed by atoms with Crippen LogP contribution >= 0.6 is 0 Å². The summed E-state index contributed by atoms with van der Waals surface area (Å²) in [4.78, 5) is 1.52. The summed E-state index contributed by atoms with van der Waals surface area (Å²) in [7, 11) is 1.60. The third kappa shape index (κ3) is 2.92. The first kappa shape index (κ1) is 14.7. The van der Waals surface area contributed by atoms with Gasteiger partial charge in [0.25, 0.3) is 0 Å². The van der Waals surface area contributed by atoms with Crippen LogP contribution in [0.15, 0.2) is 42.5 Å². The van der Waals surface area contributed by atoms with Crippen LogP contribution in [0.5, 0.6) is 0 Å². The predicted molar refractivity (Wildman–Crippen MR) is 75.1 cm³/mol. The smallest absolute Gasteiger partial charge is 0.398 e. The van der Waals surface area contributed by atoms with E-state index in [-0.39, 0.29) is 5.69 Å². The molecule has 2 aromatic carbocycles. The molecular formula is C15H12F3N3. The lowest BCUT2D eigenvalue weighted by atomic mass is 10.1. The Labute approximate surface area is 120 Å². The monoisotopic (exact) mass is 291 g/mol. The van der Waals surface area contributed by atoms with Crippen LogP contribution in [0.1, 0.15) is 11.1 Å². The van der Waals surface area contributed by atoms with Gasteiger partial charge in [-0.2, -0.15) is 18.4 Å². The standard InChI is InChI=1S/C15H12F3N3/c1-21(14-5-3-2-4-10(14)9-19)11-6-7-13(20)12(8-11)15(16,17)18/h2-8H,20H2,1H3. The van der Waals surface area contributed by atoms with Crippen molar-refractivity contribution in [3.05, 3.63) is 53.6 Å². The lowest BCUT2D eigenvalue weighted by Crippen LogP contribution is -2.14. The maximum atomic E-state index is 12.9. The second kappa shape index (κ2) is 5.37. The molecule has 0 atom stereocenters. The van der Waals surface area contributed by atoms with Gasteiger partial charge < -0.3 is 10.6 Å². The fourth-order valence-electron chi connectivity index (χ4n) is 2.00. The van der Waals surface area contributed by atoms with Gasteiger partial charge in [0.2, 0.25) is 0 Å². The van der Waals surface area contributed by atoms with Gasteiger partial charge in [-0.1, -0.05) is 12.1 Å². The van der Waals surface area contributed by atoms with Crippen LogP contribution in [0, 0.1) is 11.3 Å². The third-order valence-corrected chi connectivity index (χ3v) is 3.12. The van der Waals surface area contributed by atoms with E-state index in [2.05, 4.69) is 0 Å². The minimum atomic E-state index is -4.52. The molecular weight excluding hydrogens is 279 g/mol. The van der Waals surface area contributed by atoms with Gasteiger partial charge in [-0.25, -0.2) is 0 Å². The average Bonchev–Trinajstić information content (AvgIpc) is 2.45. The summed E-state index contributed by atoms with van der Waals surface area (Å²) >= 11 is 0. The van der Waals surface area contributed by atoms with Crippen LogP contribution in [0.3, 0.4) is 0 Å². The van der Waals surface area contributed by atoms with E-state index in [9.17, 15) is 13.2 Å². The summed E-state index contributed by atoms with van der Waals surface area (Å²) in [5.41, 5.74) is 5.38. The van der Waals surface area contributed by atoms with Crippen LogP contribution in [0.2, 0.25) is 0 Å². The normalized spacial score (nSPS) is 11.0. The molecule has 3 nitrogen and oxygen atoms in total. The molecule has 0 saturated carbocycles. The van der Waals surface area contributed by atoms with Crippen LogP contribution in [0.4, 0.5) is 30.2 Å². The third-order valence-electron chi connectivity index (χ3n) is 3.12. The zero-order chi connectivity index (χ0) is 15.6. The Morgan fingerprint density at radius 2 is 1.81 bits per heavy atom. The predicted octanol–water partition coefficient (Wildman–Crippen LogP) is 3.93. The fourth-order valence-corrected chi connectivity index (χ4v) is 2.00. The van der Waals surface area contributed by atoms with Crippen molar-refractivity contribution < 1.29 is 13.2 Å². The maximum Gasteiger partial charge on any atom is 0.418 e. The molecule has 2 N–H and O–H groups in total. The van der Waals surface area contributed by atoms with E-state index < -0.39 is 11.7 Å². The van der Waals surface area contributed by atoms with Crippen molar-refractivity contribution >= 4 is 17.1 Å². The minimum Gasteiger partial charge on any atom is -0.398 e. The van der Waals surface area contributed by atoms with Crippen LogP contribution in [-0.2, 0) is 6.18 Å². The van der Waals surface area contributed by atoms with Crippen molar-refractivity contribution in [3.63, 3.8) is 0 Å². The van der Waals surface area contributed by atoms with Gasteiger partial charge >= 0.3 is 6.18 Å². The molecule has 0 aromatic heterocycles. The van der Waals surface area contributed by atoms with E-state index in [4.69, 9.17) is 11.0 Å². The van der Waals surface area contributed by atoms with Crippen molar-refractivity contribution in [2.24, 2.45) is 0 Å². The molecule has 0 aliphatic carbocycles. The second-order valence-electron chi connectivity index (χ2n) is 4.46. The van der Waals surface area contributed by atoms with Gasteiger partial charge in [0.05, 0.1) is 16.8 Å². The van der Waals surface area contributed by atoms with E-state index >= 15 is 0 Å². The van der Waals surface area contributed by atoms with Crippen molar-refractivity contribution in [2.45, 2.75) is 6.18 Å². The number of benzene rings is 2. The second-order valence-corrected chi connectivity index (χ2v) is 4.46. The van der Waals surface area contributed by atoms with Crippen LogP contribution in [0.25, 0.3) is 0 Å². The van der Waals surface area contributed by atoms with Crippen molar-refractivity contribution in [1.82, 2.24) is 0 Å². The molecule has 0 amide bonds. The number of alkyl halides is 3. The molecule has 108 valence electrons. The van der Waals surface area contributed by atoms with Gasteiger partial charge in [0.15, 0.2) is 0 Å². The van der Waals surface area contributed by atoms with Gasteiger partial charge in [-0.05, 0) is 30.3 Å². The Balaban J connectivity index is 2.50. The van der Waals surface area contributed by atoms with Crippen LogP contribution < -0.4 is 10.6 Å². The van der Waals surface area contributed by atoms with E-state index in [0.29, 0.717) is 16.9 Å². The van der Waals surface area contributed by atoms with Crippen molar-refractivity contribution in [1.29, 1.82) is 5.26 Å². The van der Waals surface area contributed by atoms with E-state index in [1.165, 1.54) is 17.0 Å². The quantitative estimate of drug-likeness (QED) is 0.853. The summed E-state index contributed by atoms with van der Waals surface area (Å²) in [5.74, 6) is 0. The molecule has 0 aliphatic rings. The lowest BCUT2D eigenvalue weighted by Gasteiger charge is -2.22. The largest absolute Gasteiger partial charge is 0.418 e. The first-order valence-corrected chi connectivity index (χ1v) is 6.04. The molecule has 0 spiro atoms. The molecule has 2 aromatic rings. The highest BCUT2D eigenvalue weighted by atomic mass is 19.4. The molecule has 21 heavy (non-hydrogen) atoms. The maximum absolute atomic E-state index is 12.9. The highest BCUT2D eigenvalue weighted by Crippen LogP contribution is 2.37. The summed E-state index contributed by atoms with van der Waals surface area (Å²) in [6, 6.07) is 12.4. The topological polar surface area (TPSA) is 53.0 Å². The number of nitriles is 1. The number of nitrogen functional groups attached to an aromatic ring is 1. The number of rotatable bonds is 2. The van der Waals surface area contributed by atoms with E-state index in [1.807, 2.05) is 6.07 Å². The van der Waals surface area contributed by atoms with E-state index in [1.54, 1.807) is 31.3 Å². The van der Waals surface area contributed by atoms with Crippen molar-refractivity contribution in [2.75, 3.05) is 17.7 Å². The van der Waals surface area contributed by atoms with Crippen LogP contribution in [-0.4, -0.2) is 7.05 Å². The molecule has 0 fully saturated rings. The lowest BCUT2D eigenvalue weighted by molar-refractivity contribution is -0.136. The number of hydrogen-bond donors (Lipinski definition) is 1. The number of para-hydroxylation sites is 1. The molecule has 0 heterocycles. The number of halogens is 3. The highest BCUT2D eigenvalue weighted by molar-refractivity contribution is 5.71. The molecule has 6 heteroatoms. The van der Waals surface area contributed by atoms with Gasteiger partial charge in [0.1, 0.15) is 6.07 Å². The number of hydrogen-bond acceptors (Lipinski definition) is 3. The Morgan fingerprint density at radius 1 is 1.14 bits per heavy atom. The number of nitrogens with two attached hydrogens (primary N) is 1. The van der Waals surface area contributed by atoms with Gasteiger partial charge in [-0.15, -0.1) is 0 Å². The SMILES string of the molecule is CN(c1ccc(N)c(C(F)(F)F)c1)c1ccccc1C#N. The molecule has 0 saturated heterocycles. The molecule has 2 rings (SSSR count). The Kier molecular flexibility index (Phi) is 3.76. The van der Waals surface area contributed by atoms with Gasteiger partial charge in [0, 0.05) is 18.4 Å². The van der Waals surface area contributed by atoms with Gasteiger partial charge in [-0.3, -0.25) is 0 Å². The van der Waals surface area contributed by atoms with E-state index in [0.717, 1.165) is 6.07 Å². The summed E-state index contributed by atoms with van der Waals surface area (Å²) in [5, 5.41) is 9.07. The minimum absolute atomic E-state index is 0.305. The fraction of sp³-hybridized carbons (Fsp3) is 0.133. The Bertz CT molecular complexity index is 702. The number of nitrogens with zero attached hydrogens (tertiary/aromatic N) is 2.